The van der Waals surface area contributed by atoms with E-state index in [1.165, 1.54) is 0 Å². The van der Waals surface area contributed by atoms with Gasteiger partial charge in [-0.1, -0.05) is 48.5 Å². The van der Waals surface area contributed by atoms with Gasteiger partial charge in [0, 0.05) is 17.9 Å². The van der Waals surface area contributed by atoms with Crippen LogP contribution in [0.25, 0.3) is 11.1 Å². The van der Waals surface area contributed by atoms with Crippen LogP contribution in [0.5, 0.6) is 5.75 Å². The molecule has 6 nitrogen and oxygen atoms in total. The van der Waals surface area contributed by atoms with E-state index in [-0.39, 0.29) is 44.1 Å². The summed E-state index contributed by atoms with van der Waals surface area (Å²) in [6.07, 6.45) is -5.02. The fourth-order valence-corrected chi connectivity index (χ4v) is 6.21. The Kier molecular flexibility index (Phi) is 6.74. The Morgan fingerprint density at radius 3 is 2.08 bits per heavy atom. The number of carbonyl (C=O) groups is 2. The van der Waals surface area contributed by atoms with E-state index < -0.39 is 47.8 Å². The quantitative estimate of drug-likeness (QED) is 0.272. The molecule has 2 unspecified atom stereocenters. The maximum atomic E-state index is 14.6. The third kappa shape index (κ3) is 4.92. The number of halogens is 4. The summed E-state index contributed by atoms with van der Waals surface area (Å²) in [6, 6.07) is 17.6. The lowest BCUT2D eigenvalue weighted by molar-refractivity contribution is -0.274. The maximum Gasteiger partial charge on any atom is 0.573 e. The Morgan fingerprint density at radius 2 is 1.50 bits per heavy atom. The van der Waals surface area contributed by atoms with Crippen molar-refractivity contribution >= 4 is 11.9 Å². The number of piperidine rings is 1. The van der Waals surface area contributed by atoms with Crippen molar-refractivity contribution in [3.05, 3.63) is 89.2 Å². The molecule has 2 fully saturated rings. The Hall–Kier alpha value is -3.92. The van der Waals surface area contributed by atoms with Crippen LogP contribution in [0.3, 0.4) is 0 Å². The molecule has 0 aromatic heterocycles. The Morgan fingerprint density at radius 1 is 0.900 bits per heavy atom. The summed E-state index contributed by atoms with van der Waals surface area (Å²) in [6.45, 7) is 0.556. The third-order valence-corrected chi connectivity index (χ3v) is 7.88. The summed E-state index contributed by atoms with van der Waals surface area (Å²) in [5.41, 5.74) is 4.12. The SMILES string of the molecule is O=C(c1ccc(OC(F)(F)F)cc1F)C1CC2COCC(C1)N2C(=O)OCC1c2ccccc2-c2ccccc21. The zero-order chi connectivity index (χ0) is 28.0. The first kappa shape index (κ1) is 26.3. The van der Waals surface area contributed by atoms with Gasteiger partial charge in [0.15, 0.2) is 5.78 Å². The number of ether oxygens (including phenoxy) is 3. The molecule has 208 valence electrons. The van der Waals surface area contributed by atoms with Gasteiger partial charge in [-0.2, -0.15) is 0 Å². The van der Waals surface area contributed by atoms with Crippen molar-refractivity contribution in [2.75, 3.05) is 19.8 Å². The summed E-state index contributed by atoms with van der Waals surface area (Å²) < 4.78 is 67.2. The molecule has 2 atom stereocenters. The Balaban J connectivity index is 1.14. The number of alkyl halides is 3. The molecule has 10 heteroatoms. The fourth-order valence-electron chi connectivity index (χ4n) is 6.21. The molecule has 2 heterocycles. The number of fused-ring (bicyclic) bond motifs is 5. The number of rotatable bonds is 5. The van der Waals surface area contributed by atoms with Gasteiger partial charge in [-0.3, -0.25) is 9.69 Å². The van der Waals surface area contributed by atoms with Crippen LogP contribution in [0.15, 0.2) is 66.7 Å². The second-order valence-electron chi connectivity index (χ2n) is 10.3. The average Bonchev–Trinajstić information content (AvgIpc) is 3.23. The molecule has 3 aromatic rings. The molecule has 2 aliphatic heterocycles. The minimum Gasteiger partial charge on any atom is -0.448 e. The normalized spacial score (nSPS) is 21.9. The van der Waals surface area contributed by atoms with Crippen molar-refractivity contribution in [3.63, 3.8) is 0 Å². The van der Waals surface area contributed by atoms with Crippen LogP contribution in [0.1, 0.15) is 40.2 Å². The number of benzene rings is 3. The molecule has 6 rings (SSSR count). The highest BCUT2D eigenvalue weighted by molar-refractivity contribution is 5.98. The predicted octanol–water partition coefficient (Wildman–Crippen LogP) is 6.34. The lowest BCUT2D eigenvalue weighted by Crippen LogP contribution is -2.60. The van der Waals surface area contributed by atoms with Gasteiger partial charge < -0.3 is 14.2 Å². The lowest BCUT2D eigenvalue weighted by Gasteiger charge is -2.47. The van der Waals surface area contributed by atoms with Crippen molar-refractivity contribution in [1.82, 2.24) is 4.90 Å². The zero-order valence-electron chi connectivity index (χ0n) is 21.2. The number of hydrogen-bond donors (Lipinski definition) is 0. The molecule has 1 aliphatic carbocycles. The van der Waals surface area contributed by atoms with E-state index in [2.05, 4.69) is 16.9 Å². The number of amides is 1. The van der Waals surface area contributed by atoms with E-state index in [0.717, 1.165) is 34.4 Å². The predicted molar refractivity (Wildman–Crippen MR) is 135 cm³/mol. The number of Topliss-reactive ketones (excluding diaryl/α,β-unsaturated/α-hetero) is 1. The van der Waals surface area contributed by atoms with Crippen molar-refractivity contribution < 1.29 is 41.4 Å². The number of nitrogens with zero attached hydrogens (tertiary/aromatic N) is 1. The van der Waals surface area contributed by atoms with Gasteiger partial charge in [-0.25, -0.2) is 9.18 Å². The highest BCUT2D eigenvalue weighted by atomic mass is 19.4. The highest BCUT2D eigenvalue weighted by Gasteiger charge is 2.45. The van der Waals surface area contributed by atoms with Gasteiger partial charge in [-0.15, -0.1) is 13.2 Å². The summed E-state index contributed by atoms with van der Waals surface area (Å²) in [5.74, 6) is -3.08. The molecule has 0 radical (unpaired) electrons. The van der Waals surface area contributed by atoms with E-state index >= 15 is 0 Å². The second-order valence-corrected chi connectivity index (χ2v) is 10.3. The molecule has 3 aliphatic rings. The van der Waals surface area contributed by atoms with Crippen LogP contribution < -0.4 is 4.74 Å². The van der Waals surface area contributed by atoms with Gasteiger partial charge in [0.05, 0.1) is 30.9 Å². The second kappa shape index (κ2) is 10.2. The average molecular weight is 556 g/mol. The van der Waals surface area contributed by atoms with Gasteiger partial charge in [-0.05, 0) is 47.2 Å². The van der Waals surface area contributed by atoms with E-state index in [1.807, 2.05) is 36.4 Å². The third-order valence-electron chi connectivity index (χ3n) is 7.88. The summed E-state index contributed by atoms with van der Waals surface area (Å²) in [7, 11) is 0. The minimum atomic E-state index is -4.97. The first-order chi connectivity index (χ1) is 19.2. The maximum absolute atomic E-state index is 14.6. The number of carbonyl (C=O) groups excluding carboxylic acids is 2. The Labute approximate surface area is 227 Å². The zero-order valence-corrected chi connectivity index (χ0v) is 21.2. The van der Waals surface area contributed by atoms with E-state index in [0.29, 0.717) is 6.07 Å². The summed E-state index contributed by atoms with van der Waals surface area (Å²) in [4.78, 5) is 28.1. The number of hydrogen-bond acceptors (Lipinski definition) is 5. The molecular formula is C30H25F4NO5. The Bertz CT molecular complexity index is 1400. The molecule has 3 aromatic carbocycles. The smallest absolute Gasteiger partial charge is 0.448 e. The molecule has 40 heavy (non-hydrogen) atoms. The summed E-state index contributed by atoms with van der Waals surface area (Å²) in [5, 5.41) is 0. The van der Waals surface area contributed by atoms with Gasteiger partial charge in [0.2, 0.25) is 0 Å². The van der Waals surface area contributed by atoms with Crippen molar-refractivity contribution in [3.8, 4) is 16.9 Å². The number of ketones is 1. The first-order valence-corrected chi connectivity index (χ1v) is 13.0. The van der Waals surface area contributed by atoms with Gasteiger partial charge in [0.25, 0.3) is 0 Å². The first-order valence-electron chi connectivity index (χ1n) is 13.0. The molecular weight excluding hydrogens is 530 g/mol. The highest BCUT2D eigenvalue weighted by Crippen LogP contribution is 2.45. The molecule has 0 spiro atoms. The van der Waals surface area contributed by atoms with Crippen molar-refractivity contribution in [1.29, 1.82) is 0 Å². The monoisotopic (exact) mass is 555 g/mol. The van der Waals surface area contributed by atoms with Crippen LogP contribution in [-0.2, 0) is 9.47 Å². The number of morpholine rings is 1. The molecule has 0 saturated carbocycles. The van der Waals surface area contributed by atoms with Gasteiger partial charge in [0.1, 0.15) is 18.2 Å². The van der Waals surface area contributed by atoms with Crippen LogP contribution >= 0.6 is 0 Å². The van der Waals surface area contributed by atoms with Crippen LogP contribution in [-0.4, -0.2) is 55.0 Å². The molecule has 1 amide bonds. The topological polar surface area (TPSA) is 65.1 Å². The van der Waals surface area contributed by atoms with Crippen molar-refractivity contribution in [2.24, 2.45) is 5.92 Å². The van der Waals surface area contributed by atoms with E-state index in [9.17, 15) is 27.2 Å². The molecule has 2 saturated heterocycles. The van der Waals surface area contributed by atoms with Crippen molar-refractivity contribution in [2.45, 2.75) is 37.2 Å². The largest absolute Gasteiger partial charge is 0.573 e. The minimum absolute atomic E-state index is 0.0983. The van der Waals surface area contributed by atoms with Crippen LogP contribution in [0, 0.1) is 11.7 Å². The van der Waals surface area contributed by atoms with E-state index in [1.54, 1.807) is 4.90 Å². The van der Waals surface area contributed by atoms with E-state index in [4.69, 9.17) is 9.47 Å². The lowest BCUT2D eigenvalue weighted by atomic mass is 9.80. The summed E-state index contributed by atoms with van der Waals surface area (Å²) >= 11 is 0. The van der Waals surface area contributed by atoms with Crippen LogP contribution in [0.4, 0.5) is 22.4 Å². The van der Waals surface area contributed by atoms with Gasteiger partial charge >= 0.3 is 12.5 Å². The molecule has 2 bridgehead atoms. The fraction of sp³-hybridized carbons (Fsp3) is 0.333. The molecule has 0 N–H and O–H groups in total. The standard InChI is InChI=1S/C30H25F4NO5/c31-27-13-20(40-30(32,33)34)9-10-25(27)28(36)17-11-18-14-38-15-19(12-17)35(18)29(37)39-16-26-23-7-3-1-5-21(23)22-6-2-4-8-24(22)26/h1-10,13,17-19,26H,11-12,14-16H2. The van der Waals surface area contributed by atoms with Crippen LogP contribution in [0.2, 0.25) is 0 Å².